The van der Waals surface area contributed by atoms with E-state index in [1.165, 1.54) is 23.3 Å². The predicted molar refractivity (Wildman–Crippen MR) is 96.6 cm³/mol. The van der Waals surface area contributed by atoms with Gasteiger partial charge in [0.2, 0.25) is 5.91 Å². The highest BCUT2D eigenvalue weighted by atomic mass is 19.1. The Morgan fingerprint density at radius 2 is 1.88 bits per heavy atom. The van der Waals surface area contributed by atoms with Crippen LogP contribution in [0.15, 0.2) is 48.8 Å². The van der Waals surface area contributed by atoms with Gasteiger partial charge in [-0.1, -0.05) is 18.2 Å². The molecule has 0 atom stereocenters. The van der Waals surface area contributed by atoms with Crippen LogP contribution in [-0.4, -0.2) is 28.9 Å². The lowest BCUT2D eigenvalue weighted by atomic mass is 9.90. The van der Waals surface area contributed by atoms with Crippen LogP contribution >= 0.6 is 0 Å². The van der Waals surface area contributed by atoms with Crippen LogP contribution in [0.3, 0.4) is 0 Å². The lowest BCUT2D eigenvalue weighted by Gasteiger charge is -2.32. The summed E-state index contributed by atoms with van der Waals surface area (Å²) in [7, 11) is 0. The minimum Gasteiger partial charge on any atom is -0.343 e. The number of hydrogen-bond donors (Lipinski definition) is 0. The Morgan fingerprint density at radius 3 is 2.56 bits per heavy atom. The SMILES string of the molecule is O=C(CCCc1cccnc1)N1CCC(Cc2ccc(F)cc2)CC1. The van der Waals surface area contributed by atoms with Gasteiger partial charge < -0.3 is 4.90 Å². The van der Waals surface area contributed by atoms with Crippen LogP contribution in [0.1, 0.15) is 36.8 Å². The lowest BCUT2D eigenvalue weighted by molar-refractivity contribution is -0.132. The molecule has 2 aromatic rings. The number of pyridine rings is 1. The molecular formula is C21H25FN2O. The summed E-state index contributed by atoms with van der Waals surface area (Å²) in [4.78, 5) is 18.5. The monoisotopic (exact) mass is 340 g/mol. The number of carbonyl (C=O) groups excluding carboxylic acids is 1. The number of halogens is 1. The lowest BCUT2D eigenvalue weighted by Crippen LogP contribution is -2.38. The van der Waals surface area contributed by atoms with Gasteiger partial charge in [-0.3, -0.25) is 9.78 Å². The Kier molecular flexibility index (Phi) is 6.15. The molecule has 0 bridgehead atoms. The maximum absolute atomic E-state index is 13.0. The summed E-state index contributed by atoms with van der Waals surface area (Å²) in [5.41, 5.74) is 2.37. The van der Waals surface area contributed by atoms with Crippen molar-refractivity contribution in [3.8, 4) is 0 Å². The first-order chi connectivity index (χ1) is 12.2. The molecule has 1 aromatic carbocycles. The van der Waals surface area contributed by atoms with E-state index in [0.29, 0.717) is 12.3 Å². The third-order valence-electron chi connectivity index (χ3n) is 4.98. The zero-order valence-electron chi connectivity index (χ0n) is 14.5. The predicted octanol–water partition coefficient (Wildman–Crippen LogP) is 4.02. The first-order valence-electron chi connectivity index (χ1n) is 9.12. The van der Waals surface area contributed by atoms with E-state index < -0.39 is 0 Å². The number of hydrogen-bond acceptors (Lipinski definition) is 2. The van der Waals surface area contributed by atoms with Crippen molar-refractivity contribution in [3.05, 3.63) is 65.7 Å². The quantitative estimate of drug-likeness (QED) is 0.795. The molecule has 3 nitrogen and oxygen atoms in total. The van der Waals surface area contributed by atoms with Crippen molar-refractivity contribution < 1.29 is 9.18 Å². The molecule has 0 spiro atoms. The van der Waals surface area contributed by atoms with Crippen LogP contribution in [0.4, 0.5) is 4.39 Å². The number of aryl methyl sites for hydroxylation is 1. The maximum atomic E-state index is 13.0. The Labute approximate surface area is 148 Å². The molecule has 0 saturated carbocycles. The molecule has 1 aliphatic rings. The third kappa shape index (κ3) is 5.38. The molecule has 1 aliphatic heterocycles. The Bertz CT molecular complexity index is 664. The number of likely N-dealkylation sites (tertiary alicyclic amines) is 1. The van der Waals surface area contributed by atoms with Gasteiger partial charge in [0, 0.05) is 31.9 Å². The summed E-state index contributed by atoms with van der Waals surface area (Å²) in [5.74, 6) is 0.671. The summed E-state index contributed by atoms with van der Waals surface area (Å²) in [6.45, 7) is 1.69. The first kappa shape index (κ1) is 17.6. The van der Waals surface area contributed by atoms with Crippen molar-refractivity contribution in [1.82, 2.24) is 9.88 Å². The highest BCUT2D eigenvalue weighted by molar-refractivity contribution is 5.76. The normalized spacial score (nSPS) is 15.3. The molecule has 0 N–H and O–H groups in total. The van der Waals surface area contributed by atoms with Gasteiger partial charge in [-0.25, -0.2) is 4.39 Å². The van der Waals surface area contributed by atoms with E-state index in [2.05, 4.69) is 11.1 Å². The molecule has 1 aromatic heterocycles. The number of benzene rings is 1. The third-order valence-corrected chi connectivity index (χ3v) is 4.98. The summed E-state index contributed by atoms with van der Waals surface area (Å²) in [6.07, 6.45) is 9.06. The molecule has 1 fully saturated rings. The van der Waals surface area contributed by atoms with E-state index in [1.54, 1.807) is 6.20 Å². The van der Waals surface area contributed by atoms with E-state index >= 15 is 0 Å². The fourth-order valence-electron chi connectivity index (χ4n) is 3.49. The molecule has 1 amide bonds. The maximum Gasteiger partial charge on any atom is 0.222 e. The molecule has 0 aliphatic carbocycles. The van der Waals surface area contributed by atoms with Gasteiger partial charge in [0.15, 0.2) is 0 Å². The summed E-state index contributed by atoms with van der Waals surface area (Å²) < 4.78 is 13.0. The van der Waals surface area contributed by atoms with Crippen LogP contribution < -0.4 is 0 Å². The van der Waals surface area contributed by atoms with Crippen molar-refractivity contribution in [2.45, 2.75) is 38.5 Å². The Morgan fingerprint density at radius 1 is 1.12 bits per heavy atom. The average Bonchev–Trinajstić information content (AvgIpc) is 2.65. The molecular weight excluding hydrogens is 315 g/mol. The fourth-order valence-corrected chi connectivity index (χ4v) is 3.49. The standard InChI is InChI=1S/C21H25FN2O/c22-20-8-6-17(7-9-20)15-18-10-13-24(14-11-18)21(25)5-1-3-19-4-2-12-23-16-19/h2,4,6-9,12,16,18H,1,3,5,10-11,13-15H2. The summed E-state index contributed by atoms with van der Waals surface area (Å²) in [6, 6.07) is 10.8. The zero-order chi connectivity index (χ0) is 17.5. The van der Waals surface area contributed by atoms with Gasteiger partial charge in [0.05, 0.1) is 0 Å². The molecule has 1 saturated heterocycles. The highest BCUT2D eigenvalue weighted by Crippen LogP contribution is 2.22. The first-order valence-corrected chi connectivity index (χ1v) is 9.12. The smallest absolute Gasteiger partial charge is 0.222 e. The number of nitrogens with zero attached hydrogens (tertiary/aromatic N) is 2. The Hall–Kier alpha value is -2.23. The van der Waals surface area contributed by atoms with E-state index in [4.69, 9.17) is 0 Å². The highest BCUT2D eigenvalue weighted by Gasteiger charge is 2.22. The molecule has 0 radical (unpaired) electrons. The average molecular weight is 340 g/mol. The fraction of sp³-hybridized carbons (Fsp3) is 0.429. The number of piperidine rings is 1. The zero-order valence-corrected chi connectivity index (χ0v) is 14.5. The molecule has 132 valence electrons. The van der Waals surface area contributed by atoms with Crippen LogP contribution in [-0.2, 0) is 17.6 Å². The minimum atomic E-state index is -0.185. The van der Waals surface area contributed by atoms with E-state index in [9.17, 15) is 9.18 Å². The summed E-state index contributed by atoms with van der Waals surface area (Å²) in [5, 5.41) is 0. The van der Waals surface area contributed by atoms with Crippen molar-refractivity contribution in [3.63, 3.8) is 0 Å². The van der Waals surface area contributed by atoms with E-state index in [0.717, 1.165) is 45.2 Å². The van der Waals surface area contributed by atoms with Gasteiger partial charge in [-0.2, -0.15) is 0 Å². The second kappa shape index (κ2) is 8.75. The van der Waals surface area contributed by atoms with Gasteiger partial charge in [0.25, 0.3) is 0 Å². The summed E-state index contributed by atoms with van der Waals surface area (Å²) >= 11 is 0. The van der Waals surface area contributed by atoms with E-state index in [1.807, 2.05) is 29.3 Å². The van der Waals surface area contributed by atoms with Crippen LogP contribution in [0.25, 0.3) is 0 Å². The Balaban J connectivity index is 1.38. The van der Waals surface area contributed by atoms with Crippen LogP contribution in [0.5, 0.6) is 0 Å². The second-order valence-corrected chi connectivity index (χ2v) is 6.87. The van der Waals surface area contributed by atoms with Gasteiger partial charge in [-0.05, 0) is 67.3 Å². The van der Waals surface area contributed by atoms with Gasteiger partial charge in [0.1, 0.15) is 5.82 Å². The van der Waals surface area contributed by atoms with Crippen molar-refractivity contribution in [1.29, 1.82) is 0 Å². The molecule has 4 heteroatoms. The van der Waals surface area contributed by atoms with Crippen molar-refractivity contribution in [2.24, 2.45) is 5.92 Å². The van der Waals surface area contributed by atoms with E-state index in [-0.39, 0.29) is 11.7 Å². The number of carbonyl (C=O) groups is 1. The second-order valence-electron chi connectivity index (χ2n) is 6.87. The molecule has 0 unspecified atom stereocenters. The van der Waals surface area contributed by atoms with Crippen LogP contribution in [0.2, 0.25) is 0 Å². The van der Waals surface area contributed by atoms with Crippen LogP contribution in [0, 0.1) is 11.7 Å². The number of aromatic nitrogens is 1. The molecule has 2 heterocycles. The molecule has 3 rings (SSSR count). The number of rotatable bonds is 6. The molecule has 25 heavy (non-hydrogen) atoms. The topological polar surface area (TPSA) is 33.2 Å². The van der Waals surface area contributed by atoms with Crippen molar-refractivity contribution >= 4 is 5.91 Å². The van der Waals surface area contributed by atoms with Gasteiger partial charge >= 0.3 is 0 Å². The largest absolute Gasteiger partial charge is 0.343 e. The van der Waals surface area contributed by atoms with Gasteiger partial charge in [-0.15, -0.1) is 0 Å². The minimum absolute atomic E-state index is 0.185. The number of amides is 1. The van der Waals surface area contributed by atoms with Crippen molar-refractivity contribution in [2.75, 3.05) is 13.1 Å².